The van der Waals surface area contributed by atoms with E-state index < -0.39 is 0 Å². The third kappa shape index (κ3) is 3.94. The summed E-state index contributed by atoms with van der Waals surface area (Å²) in [6, 6.07) is 4.83. The molecule has 0 radical (unpaired) electrons. The molecule has 0 saturated heterocycles. The van der Waals surface area contributed by atoms with E-state index in [0.717, 1.165) is 18.4 Å². The van der Waals surface area contributed by atoms with Crippen LogP contribution in [0.3, 0.4) is 0 Å². The fourth-order valence-electron chi connectivity index (χ4n) is 2.39. The predicted octanol–water partition coefficient (Wildman–Crippen LogP) is 2.50. The monoisotopic (exact) mass is 294 g/mol. The predicted molar refractivity (Wildman–Crippen MR) is 79.8 cm³/mol. The van der Waals surface area contributed by atoms with Crippen LogP contribution in [0.1, 0.15) is 38.3 Å². The van der Waals surface area contributed by atoms with Gasteiger partial charge < -0.3 is 15.0 Å². The molecule has 1 atom stereocenters. The first-order chi connectivity index (χ1) is 10.1. The van der Waals surface area contributed by atoms with Gasteiger partial charge in [-0.15, -0.1) is 0 Å². The van der Waals surface area contributed by atoms with Gasteiger partial charge in [0.2, 0.25) is 0 Å². The zero-order valence-electron chi connectivity index (χ0n) is 12.9. The molecule has 0 aliphatic heterocycles. The summed E-state index contributed by atoms with van der Waals surface area (Å²) in [6.45, 7) is 4.57. The number of nitrogens with zero attached hydrogens (tertiary/aromatic N) is 1. The number of benzene rings is 1. The van der Waals surface area contributed by atoms with Crippen molar-refractivity contribution in [1.82, 2.24) is 10.2 Å². The van der Waals surface area contributed by atoms with Gasteiger partial charge in [0, 0.05) is 30.3 Å². The molecule has 5 heteroatoms. The highest BCUT2D eigenvalue weighted by Gasteiger charge is 2.31. The average Bonchev–Trinajstić information content (AvgIpc) is 3.30. The number of carbonyl (C=O) groups is 1. The van der Waals surface area contributed by atoms with E-state index in [9.17, 15) is 9.18 Å². The van der Waals surface area contributed by atoms with Crippen molar-refractivity contribution in [3.8, 4) is 5.75 Å². The molecule has 1 unspecified atom stereocenters. The zero-order valence-corrected chi connectivity index (χ0v) is 12.9. The topological polar surface area (TPSA) is 41.6 Å². The highest BCUT2D eigenvalue weighted by Crippen LogP contribution is 2.28. The second-order valence-electron chi connectivity index (χ2n) is 5.39. The molecule has 1 aromatic rings. The minimum Gasteiger partial charge on any atom is -0.483 e. The van der Waals surface area contributed by atoms with Crippen LogP contribution in [-0.4, -0.2) is 37.0 Å². The molecular weight excluding hydrogens is 271 g/mol. The Morgan fingerprint density at radius 1 is 1.52 bits per heavy atom. The average molecular weight is 294 g/mol. The Morgan fingerprint density at radius 2 is 2.24 bits per heavy atom. The van der Waals surface area contributed by atoms with Crippen LogP contribution in [0.25, 0.3) is 0 Å². The normalized spacial score (nSPS) is 15.6. The zero-order chi connectivity index (χ0) is 15.4. The SMILES string of the molecule is CCN(C(=O)COc1cc(F)ccc1C(C)NC)C1CC1. The first-order valence-electron chi connectivity index (χ1n) is 7.45. The molecule has 4 nitrogen and oxygen atoms in total. The number of hydrogen-bond donors (Lipinski definition) is 1. The summed E-state index contributed by atoms with van der Waals surface area (Å²) in [4.78, 5) is 14.0. The number of ether oxygens (including phenoxy) is 1. The summed E-state index contributed by atoms with van der Waals surface area (Å²) in [5.74, 6) is 0.0309. The maximum absolute atomic E-state index is 13.4. The first kappa shape index (κ1) is 15.8. The minimum absolute atomic E-state index is 0.0291. The molecule has 1 aliphatic carbocycles. The largest absolute Gasteiger partial charge is 0.483 e. The highest BCUT2D eigenvalue weighted by molar-refractivity contribution is 5.78. The molecule has 1 aliphatic rings. The second kappa shape index (κ2) is 6.89. The molecular formula is C16H23FN2O2. The quantitative estimate of drug-likeness (QED) is 0.840. The van der Waals surface area contributed by atoms with Gasteiger partial charge in [-0.1, -0.05) is 6.07 Å². The molecule has 116 valence electrons. The number of halogens is 1. The Morgan fingerprint density at radius 3 is 2.81 bits per heavy atom. The molecule has 1 saturated carbocycles. The molecule has 0 bridgehead atoms. The van der Waals surface area contributed by atoms with Gasteiger partial charge in [-0.3, -0.25) is 4.79 Å². The van der Waals surface area contributed by atoms with Gasteiger partial charge >= 0.3 is 0 Å². The third-order valence-corrected chi connectivity index (χ3v) is 3.87. The van der Waals surface area contributed by atoms with E-state index in [1.54, 1.807) is 6.07 Å². The van der Waals surface area contributed by atoms with Gasteiger partial charge in [-0.05, 0) is 39.8 Å². The first-order valence-corrected chi connectivity index (χ1v) is 7.45. The van der Waals surface area contributed by atoms with Gasteiger partial charge in [0.15, 0.2) is 6.61 Å². The number of rotatable bonds is 7. The molecule has 1 aromatic carbocycles. The lowest BCUT2D eigenvalue weighted by molar-refractivity contribution is -0.133. The van der Waals surface area contributed by atoms with Crippen molar-refractivity contribution in [2.24, 2.45) is 0 Å². The number of likely N-dealkylation sites (N-methyl/N-ethyl adjacent to an activating group) is 1. The van der Waals surface area contributed by atoms with Crippen molar-refractivity contribution in [1.29, 1.82) is 0 Å². The van der Waals surface area contributed by atoms with Crippen molar-refractivity contribution in [3.05, 3.63) is 29.6 Å². The Labute approximate surface area is 125 Å². The lowest BCUT2D eigenvalue weighted by atomic mass is 10.1. The summed E-state index contributed by atoms with van der Waals surface area (Å²) >= 11 is 0. The van der Waals surface area contributed by atoms with Crippen LogP contribution < -0.4 is 10.1 Å². The fourth-order valence-corrected chi connectivity index (χ4v) is 2.39. The Hall–Kier alpha value is -1.62. The van der Waals surface area contributed by atoms with Crippen LogP contribution in [0.4, 0.5) is 4.39 Å². The maximum Gasteiger partial charge on any atom is 0.260 e. The van der Waals surface area contributed by atoms with Crippen molar-refractivity contribution in [2.75, 3.05) is 20.2 Å². The standard InChI is InChI=1S/C16H23FN2O2/c1-4-19(13-6-7-13)16(20)10-21-15-9-12(17)5-8-14(15)11(2)18-3/h5,8-9,11,13,18H,4,6-7,10H2,1-3H3. The number of amides is 1. The smallest absolute Gasteiger partial charge is 0.260 e. The lowest BCUT2D eigenvalue weighted by Crippen LogP contribution is -2.36. The van der Waals surface area contributed by atoms with E-state index in [2.05, 4.69) is 5.32 Å². The maximum atomic E-state index is 13.4. The van der Waals surface area contributed by atoms with E-state index in [1.165, 1.54) is 12.1 Å². The van der Waals surface area contributed by atoms with Gasteiger partial charge in [-0.25, -0.2) is 4.39 Å². The summed E-state index contributed by atoms with van der Waals surface area (Å²) in [6.07, 6.45) is 2.14. The van der Waals surface area contributed by atoms with Crippen LogP contribution in [0, 0.1) is 5.82 Å². The number of hydrogen-bond acceptors (Lipinski definition) is 3. The fraction of sp³-hybridized carbons (Fsp3) is 0.562. The van der Waals surface area contributed by atoms with Crippen molar-refractivity contribution in [2.45, 2.75) is 38.8 Å². The minimum atomic E-state index is -0.362. The van der Waals surface area contributed by atoms with Crippen LogP contribution in [0.15, 0.2) is 18.2 Å². The van der Waals surface area contributed by atoms with Crippen LogP contribution in [0.5, 0.6) is 5.75 Å². The Balaban J connectivity index is 2.04. The highest BCUT2D eigenvalue weighted by atomic mass is 19.1. The van der Waals surface area contributed by atoms with E-state index in [0.29, 0.717) is 18.3 Å². The van der Waals surface area contributed by atoms with Crippen LogP contribution in [-0.2, 0) is 4.79 Å². The summed E-state index contributed by atoms with van der Waals surface area (Å²) in [5, 5.41) is 3.09. The summed E-state index contributed by atoms with van der Waals surface area (Å²) in [7, 11) is 1.83. The summed E-state index contributed by atoms with van der Waals surface area (Å²) in [5.41, 5.74) is 0.848. The van der Waals surface area contributed by atoms with Crippen LogP contribution >= 0.6 is 0 Å². The summed E-state index contributed by atoms with van der Waals surface area (Å²) < 4.78 is 19.0. The molecule has 1 amide bonds. The van der Waals surface area contributed by atoms with E-state index in [-0.39, 0.29) is 24.4 Å². The molecule has 2 rings (SSSR count). The molecule has 21 heavy (non-hydrogen) atoms. The van der Waals surface area contributed by atoms with Gasteiger partial charge in [0.05, 0.1) is 0 Å². The van der Waals surface area contributed by atoms with E-state index in [1.807, 2.05) is 25.8 Å². The lowest BCUT2D eigenvalue weighted by Gasteiger charge is -2.21. The second-order valence-corrected chi connectivity index (χ2v) is 5.39. The number of nitrogens with one attached hydrogen (secondary N) is 1. The third-order valence-electron chi connectivity index (χ3n) is 3.87. The molecule has 1 fully saturated rings. The molecule has 1 N–H and O–H groups in total. The molecule has 0 aromatic heterocycles. The van der Waals surface area contributed by atoms with Crippen molar-refractivity contribution >= 4 is 5.91 Å². The Kier molecular flexibility index (Phi) is 5.17. The Bertz CT molecular complexity index is 503. The van der Waals surface area contributed by atoms with Gasteiger partial charge in [-0.2, -0.15) is 0 Å². The number of carbonyl (C=O) groups excluding carboxylic acids is 1. The van der Waals surface area contributed by atoms with Crippen LogP contribution in [0.2, 0.25) is 0 Å². The van der Waals surface area contributed by atoms with E-state index in [4.69, 9.17) is 4.74 Å². The molecule has 0 heterocycles. The molecule has 0 spiro atoms. The van der Waals surface area contributed by atoms with Gasteiger partial charge in [0.1, 0.15) is 11.6 Å². The van der Waals surface area contributed by atoms with E-state index >= 15 is 0 Å². The van der Waals surface area contributed by atoms with Gasteiger partial charge in [0.25, 0.3) is 5.91 Å². The van der Waals surface area contributed by atoms with Crippen molar-refractivity contribution in [3.63, 3.8) is 0 Å². The van der Waals surface area contributed by atoms with Crippen molar-refractivity contribution < 1.29 is 13.9 Å².